The summed E-state index contributed by atoms with van der Waals surface area (Å²) >= 11 is 0. The Kier molecular flexibility index (Phi) is 8.73. The molecule has 0 aliphatic carbocycles. The topological polar surface area (TPSA) is 81.8 Å². The van der Waals surface area contributed by atoms with Crippen LogP contribution in [-0.4, -0.2) is 79.8 Å². The third kappa shape index (κ3) is 7.47. The maximum absolute atomic E-state index is 11.6. The van der Waals surface area contributed by atoms with Gasteiger partial charge in [-0.2, -0.15) is 0 Å². The fraction of sp³-hybridized carbons (Fsp3) is 0.923. The summed E-state index contributed by atoms with van der Waals surface area (Å²) in [6, 6.07) is 0. The molecule has 6 heteroatoms. The molecule has 0 unspecified atom stereocenters. The monoisotopic (exact) mass is 272 g/mol. The summed E-state index contributed by atoms with van der Waals surface area (Å²) in [5, 5.41) is 11.5. The molecule has 4 N–H and O–H groups in total. The van der Waals surface area contributed by atoms with Gasteiger partial charge in [0.05, 0.1) is 0 Å². The second kappa shape index (κ2) is 10.1. The van der Waals surface area contributed by atoms with Crippen LogP contribution in [0.3, 0.4) is 0 Å². The van der Waals surface area contributed by atoms with Crippen LogP contribution in [0.5, 0.6) is 0 Å². The average Bonchev–Trinajstić information content (AvgIpc) is 2.43. The molecule has 1 saturated heterocycles. The molecule has 0 aromatic heterocycles. The zero-order valence-electron chi connectivity index (χ0n) is 11.8. The van der Waals surface area contributed by atoms with Crippen LogP contribution in [0.15, 0.2) is 0 Å². The second-order valence-electron chi connectivity index (χ2n) is 5.00. The Bertz CT molecular complexity index is 243. The highest BCUT2D eigenvalue weighted by Gasteiger charge is 2.16. The first-order valence-electron chi connectivity index (χ1n) is 7.28. The third-order valence-electron chi connectivity index (χ3n) is 3.47. The molecule has 0 spiro atoms. The number of unbranched alkanes of at least 4 members (excludes halogenated alkanes) is 1. The van der Waals surface area contributed by atoms with Crippen molar-refractivity contribution in [3.8, 4) is 0 Å². The van der Waals surface area contributed by atoms with Gasteiger partial charge in [-0.15, -0.1) is 0 Å². The fourth-order valence-electron chi connectivity index (χ4n) is 2.23. The molecule has 1 aliphatic rings. The Balaban J connectivity index is 2.02. The van der Waals surface area contributed by atoms with Gasteiger partial charge < -0.3 is 21.1 Å². The molecule has 0 aromatic rings. The Morgan fingerprint density at radius 1 is 1.11 bits per heavy atom. The SMILES string of the molecule is NCCN1CCN(CCC(=O)NCCCCO)CC1. The van der Waals surface area contributed by atoms with Crippen molar-refractivity contribution in [2.45, 2.75) is 19.3 Å². The van der Waals surface area contributed by atoms with E-state index in [2.05, 4.69) is 15.1 Å². The first-order valence-corrected chi connectivity index (χ1v) is 7.28. The van der Waals surface area contributed by atoms with Crippen molar-refractivity contribution in [2.75, 3.05) is 59.0 Å². The number of amides is 1. The number of aliphatic hydroxyl groups excluding tert-OH is 1. The Hall–Kier alpha value is -0.690. The van der Waals surface area contributed by atoms with Gasteiger partial charge in [0.1, 0.15) is 0 Å². The molecule has 1 fully saturated rings. The number of nitrogens with zero attached hydrogens (tertiary/aromatic N) is 2. The largest absolute Gasteiger partial charge is 0.396 e. The van der Waals surface area contributed by atoms with Crippen molar-refractivity contribution < 1.29 is 9.90 Å². The van der Waals surface area contributed by atoms with Crippen LogP contribution >= 0.6 is 0 Å². The van der Waals surface area contributed by atoms with Crippen molar-refractivity contribution in [1.29, 1.82) is 0 Å². The summed E-state index contributed by atoms with van der Waals surface area (Å²) in [6.07, 6.45) is 2.17. The third-order valence-corrected chi connectivity index (χ3v) is 3.47. The van der Waals surface area contributed by atoms with Crippen LogP contribution in [0, 0.1) is 0 Å². The van der Waals surface area contributed by atoms with E-state index >= 15 is 0 Å². The van der Waals surface area contributed by atoms with E-state index in [4.69, 9.17) is 10.8 Å². The highest BCUT2D eigenvalue weighted by Crippen LogP contribution is 2.01. The van der Waals surface area contributed by atoms with Crippen LogP contribution in [-0.2, 0) is 4.79 Å². The lowest BCUT2D eigenvalue weighted by atomic mass is 10.2. The molecular formula is C13H28N4O2. The van der Waals surface area contributed by atoms with Gasteiger partial charge in [0.2, 0.25) is 5.91 Å². The molecule has 0 bridgehead atoms. The number of aliphatic hydroxyl groups is 1. The van der Waals surface area contributed by atoms with Gasteiger partial charge in [-0.3, -0.25) is 9.69 Å². The predicted octanol–water partition coefficient (Wildman–Crippen LogP) is -1.16. The summed E-state index contributed by atoms with van der Waals surface area (Å²) < 4.78 is 0. The molecule has 0 radical (unpaired) electrons. The number of hydrogen-bond acceptors (Lipinski definition) is 5. The standard InChI is InChI=1S/C13H28N4O2/c14-4-7-17-10-8-16(9-11-17)6-3-13(19)15-5-1-2-12-18/h18H,1-12,14H2,(H,15,19). The first-order chi connectivity index (χ1) is 9.26. The number of carbonyl (C=O) groups is 1. The molecule has 1 rings (SSSR count). The van der Waals surface area contributed by atoms with E-state index in [1.165, 1.54) is 0 Å². The number of hydrogen-bond donors (Lipinski definition) is 3. The maximum Gasteiger partial charge on any atom is 0.221 e. The Morgan fingerprint density at radius 2 is 1.74 bits per heavy atom. The van der Waals surface area contributed by atoms with E-state index < -0.39 is 0 Å². The van der Waals surface area contributed by atoms with Crippen molar-refractivity contribution in [1.82, 2.24) is 15.1 Å². The van der Waals surface area contributed by atoms with Crippen molar-refractivity contribution in [3.05, 3.63) is 0 Å². The minimum absolute atomic E-state index is 0.113. The number of carbonyl (C=O) groups excluding carboxylic acids is 1. The van der Waals surface area contributed by atoms with Gasteiger partial charge in [0.15, 0.2) is 0 Å². The molecule has 19 heavy (non-hydrogen) atoms. The van der Waals surface area contributed by atoms with Crippen LogP contribution in [0.2, 0.25) is 0 Å². The minimum atomic E-state index is 0.113. The van der Waals surface area contributed by atoms with Crippen LogP contribution < -0.4 is 11.1 Å². The number of nitrogens with one attached hydrogen (secondary N) is 1. The second-order valence-corrected chi connectivity index (χ2v) is 5.00. The molecule has 0 atom stereocenters. The van der Waals surface area contributed by atoms with E-state index in [1.54, 1.807) is 0 Å². The summed E-state index contributed by atoms with van der Waals surface area (Å²) in [5.41, 5.74) is 5.54. The summed E-state index contributed by atoms with van der Waals surface area (Å²) in [6.45, 7) is 7.55. The van der Waals surface area contributed by atoms with E-state index in [-0.39, 0.29) is 12.5 Å². The molecule has 112 valence electrons. The Labute approximate surface area is 115 Å². The summed E-state index contributed by atoms with van der Waals surface area (Å²) in [5.74, 6) is 0.113. The van der Waals surface area contributed by atoms with Gasteiger partial charge in [-0.25, -0.2) is 0 Å². The molecular weight excluding hydrogens is 244 g/mol. The molecule has 1 aliphatic heterocycles. The van der Waals surface area contributed by atoms with Crippen molar-refractivity contribution in [2.24, 2.45) is 5.73 Å². The van der Waals surface area contributed by atoms with Crippen molar-refractivity contribution >= 4 is 5.91 Å². The van der Waals surface area contributed by atoms with E-state index in [9.17, 15) is 4.79 Å². The number of piperazine rings is 1. The van der Waals surface area contributed by atoms with Crippen LogP contribution in [0.4, 0.5) is 0 Å². The number of rotatable bonds is 9. The van der Waals surface area contributed by atoms with Crippen LogP contribution in [0.1, 0.15) is 19.3 Å². The predicted molar refractivity (Wildman–Crippen MR) is 75.9 cm³/mol. The lowest BCUT2D eigenvalue weighted by Crippen LogP contribution is -2.48. The minimum Gasteiger partial charge on any atom is -0.396 e. The maximum atomic E-state index is 11.6. The highest BCUT2D eigenvalue weighted by atomic mass is 16.2. The molecule has 6 nitrogen and oxygen atoms in total. The van der Waals surface area contributed by atoms with E-state index in [0.717, 1.165) is 58.7 Å². The molecule has 1 amide bonds. The smallest absolute Gasteiger partial charge is 0.221 e. The zero-order chi connectivity index (χ0) is 13.9. The quantitative estimate of drug-likeness (QED) is 0.461. The molecule has 1 heterocycles. The van der Waals surface area contributed by atoms with Gasteiger partial charge >= 0.3 is 0 Å². The van der Waals surface area contributed by atoms with Gasteiger partial charge in [0.25, 0.3) is 0 Å². The zero-order valence-corrected chi connectivity index (χ0v) is 11.8. The fourth-order valence-corrected chi connectivity index (χ4v) is 2.23. The molecule has 0 saturated carbocycles. The van der Waals surface area contributed by atoms with Crippen LogP contribution in [0.25, 0.3) is 0 Å². The lowest BCUT2D eigenvalue weighted by molar-refractivity contribution is -0.121. The summed E-state index contributed by atoms with van der Waals surface area (Å²) in [7, 11) is 0. The first kappa shape index (κ1) is 16.4. The van der Waals surface area contributed by atoms with Crippen molar-refractivity contribution in [3.63, 3.8) is 0 Å². The van der Waals surface area contributed by atoms with Gasteiger partial charge in [-0.1, -0.05) is 0 Å². The normalized spacial score (nSPS) is 17.6. The number of nitrogens with two attached hydrogens (primary N) is 1. The summed E-state index contributed by atoms with van der Waals surface area (Å²) in [4.78, 5) is 16.3. The lowest BCUT2D eigenvalue weighted by Gasteiger charge is -2.34. The molecule has 0 aromatic carbocycles. The van der Waals surface area contributed by atoms with Gasteiger partial charge in [-0.05, 0) is 12.8 Å². The highest BCUT2D eigenvalue weighted by molar-refractivity contribution is 5.75. The Morgan fingerprint density at radius 3 is 2.32 bits per heavy atom. The van der Waals surface area contributed by atoms with Gasteiger partial charge in [0, 0.05) is 65.4 Å². The van der Waals surface area contributed by atoms with E-state index in [1.807, 2.05) is 0 Å². The van der Waals surface area contributed by atoms with E-state index in [0.29, 0.717) is 13.0 Å². The average molecular weight is 272 g/mol.